The summed E-state index contributed by atoms with van der Waals surface area (Å²) in [6.45, 7) is 0. The van der Waals surface area contributed by atoms with Crippen molar-refractivity contribution in [3.63, 3.8) is 0 Å². The zero-order valence-corrected chi connectivity index (χ0v) is 8.05. The molecule has 2 aromatic heterocycles. The zero-order valence-electron chi connectivity index (χ0n) is 7.29. The molecule has 0 amide bonds. The molecule has 0 unspecified atom stereocenters. The number of halogens is 4. The molecule has 0 atom stereocenters. The molecule has 0 spiro atoms. The Kier molecular flexibility index (Phi) is 2.30. The summed E-state index contributed by atoms with van der Waals surface area (Å²) in [4.78, 5) is 0. The van der Waals surface area contributed by atoms with E-state index in [2.05, 4.69) is 10.2 Å². The molecular weight excluding hydrogens is 231 g/mol. The summed E-state index contributed by atoms with van der Waals surface area (Å²) in [5.74, 6) is 0.306. The van der Waals surface area contributed by atoms with Gasteiger partial charge in [0.1, 0.15) is 5.56 Å². The molecule has 0 N–H and O–H groups in total. The van der Waals surface area contributed by atoms with Gasteiger partial charge in [0.05, 0.1) is 5.88 Å². The third-order valence-electron chi connectivity index (χ3n) is 1.93. The summed E-state index contributed by atoms with van der Waals surface area (Å²) in [5, 5.41) is 7.03. The fraction of sp³-hybridized carbons (Fsp3) is 0.250. The quantitative estimate of drug-likeness (QED) is 0.711. The van der Waals surface area contributed by atoms with Crippen LogP contribution in [0.25, 0.3) is 5.65 Å². The summed E-state index contributed by atoms with van der Waals surface area (Å²) in [5.41, 5.74) is -1.03. The Labute approximate surface area is 87.5 Å². The average Bonchev–Trinajstić information content (AvgIpc) is 2.58. The molecule has 15 heavy (non-hydrogen) atoms. The number of hydrogen-bond acceptors (Lipinski definition) is 2. The molecule has 80 valence electrons. The standard InChI is InChI=1S/C8H5ClF3N3/c9-4-6-13-14-7-5(8(10,11)12)2-1-3-15(6)7/h1-3H,4H2. The van der Waals surface area contributed by atoms with Crippen LogP contribution in [0.4, 0.5) is 13.2 Å². The molecule has 0 saturated carbocycles. The van der Waals surface area contributed by atoms with Crippen molar-refractivity contribution < 1.29 is 13.2 Å². The molecule has 3 nitrogen and oxygen atoms in total. The number of pyridine rings is 1. The second-order valence-corrected chi connectivity index (χ2v) is 3.13. The Bertz CT molecular complexity index is 491. The van der Waals surface area contributed by atoms with E-state index < -0.39 is 11.7 Å². The van der Waals surface area contributed by atoms with Gasteiger partial charge in [-0.05, 0) is 12.1 Å². The van der Waals surface area contributed by atoms with Crippen LogP contribution in [0.2, 0.25) is 0 Å². The fourth-order valence-corrected chi connectivity index (χ4v) is 1.46. The monoisotopic (exact) mass is 235 g/mol. The van der Waals surface area contributed by atoms with E-state index in [1.165, 1.54) is 16.7 Å². The van der Waals surface area contributed by atoms with Crippen LogP contribution in [0.1, 0.15) is 11.4 Å². The van der Waals surface area contributed by atoms with Gasteiger partial charge in [-0.2, -0.15) is 13.2 Å². The first-order valence-corrected chi connectivity index (χ1v) is 4.53. The summed E-state index contributed by atoms with van der Waals surface area (Å²) in [6, 6.07) is 2.25. The molecule has 0 bridgehead atoms. The minimum Gasteiger partial charge on any atom is -0.285 e. The van der Waals surface area contributed by atoms with Crippen LogP contribution in [0, 0.1) is 0 Å². The molecule has 2 heterocycles. The van der Waals surface area contributed by atoms with E-state index in [1.807, 2.05) is 0 Å². The van der Waals surface area contributed by atoms with Gasteiger partial charge in [0.15, 0.2) is 11.5 Å². The van der Waals surface area contributed by atoms with Crippen molar-refractivity contribution in [2.75, 3.05) is 0 Å². The van der Waals surface area contributed by atoms with Crippen molar-refractivity contribution in [1.29, 1.82) is 0 Å². The Morgan fingerprint density at radius 3 is 2.67 bits per heavy atom. The highest BCUT2D eigenvalue weighted by atomic mass is 35.5. The zero-order chi connectivity index (χ0) is 11.1. The topological polar surface area (TPSA) is 30.2 Å². The SMILES string of the molecule is FC(F)(F)c1cccn2c(CCl)nnc12. The Morgan fingerprint density at radius 1 is 1.33 bits per heavy atom. The van der Waals surface area contributed by atoms with Crippen molar-refractivity contribution >= 4 is 17.2 Å². The maximum atomic E-state index is 12.5. The van der Waals surface area contributed by atoms with Crippen LogP contribution in [0.5, 0.6) is 0 Å². The minimum absolute atomic E-state index is 0.0163. The third-order valence-corrected chi connectivity index (χ3v) is 2.17. The van der Waals surface area contributed by atoms with Crippen LogP contribution in [-0.2, 0) is 12.1 Å². The second-order valence-electron chi connectivity index (χ2n) is 2.86. The third kappa shape index (κ3) is 1.65. The Morgan fingerprint density at radius 2 is 2.07 bits per heavy atom. The van der Waals surface area contributed by atoms with E-state index in [-0.39, 0.29) is 17.4 Å². The number of fused-ring (bicyclic) bond motifs is 1. The number of aromatic nitrogens is 3. The lowest BCUT2D eigenvalue weighted by molar-refractivity contribution is -0.136. The summed E-state index contributed by atoms with van der Waals surface area (Å²) < 4.78 is 38.8. The van der Waals surface area contributed by atoms with Gasteiger partial charge in [-0.25, -0.2) is 0 Å². The van der Waals surface area contributed by atoms with E-state index in [0.717, 1.165) is 6.07 Å². The van der Waals surface area contributed by atoms with E-state index in [9.17, 15) is 13.2 Å². The van der Waals surface area contributed by atoms with E-state index in [1.54, 1.807) is 0 Å². The minimum atomic E-state index is -4.43. The molecule has 0 aromatic carbocycles. The highest BCUT2D eigenvalue weighted by Gasteiger charge is 2.34. The Hall–Kier alpha value is -1.30. The van der Waals surface area contributed by atoms with Crippen molar-refractivity contribution in [1.82, 2.24) is 14.6 Å². The second kappa shape index (κ2) is 3.37. The highest BCUT2D eigenvalue weighted by Crippen LogP contribution is 2.31. The molecule has 0 aliphatic rings. The molecule has 0 aliphatic heterocycles. The van der Waals surface area contributed by atoms with Gasteiger partial charge in [0, 0.05) is 6.20 Å². The number of rotatable bonds is 1. The predicted octanol–water partition coefficient (Wildman–Crippen LogP) is 2.49. The molecule has 0 aliphatic carbocycles. The lowest BCUT2D eigenvalue weighted by Gasteiger charge is -2.06. The molecule has 0 radical (unpaired) electrons. The van der Waals surface area contributed by atoms with Crippen LogP contribution in [0.3, 0.4) is 0 Å². The lowest BCUT2D eigenvalue weighted by Crippen LogP contribution is -2.07. The van der Waals surface area contributed by atoms with E-state index in [0.29, 0.717) is 0 Å². The van der Waals surface area contributed by atoms with Crippen molar-refractivity contribution in [2.24, 2.45) is 0 Å². The first-order valence-electron chi connectivity index (χ1n) is 4.00. The van der Waals surface area contributed by atoms with Gasteiger partial charge < -0.3 is 0 Å². The molecule has 0 saturated heterocycles. The maximum absolute atomic E-state index is 12.5. The van der Waals surface area contributed by atoms with Crippen molar-refractivity contribution in [3.05, 3.63) is 29.7 Å². The van der Waals surface area contributed by atoms with Gasteiger partial charge in [-0.1, -0.05) is 0 Å². The number of nitrogens with zero attached hydrogens (tertiary/aromatic N) is 3. The maximum Gasteiger partial charge on any atom is 0.420 e. The van der Waals surface area contributed by atoms with Crippen LogP contribution < -0.4 is 0 Å². The van der Waals surface area contributed by atoms with Gasteiger partial charge in [0.25, 0.3) is 0 Å². The summed E-state index contributed by atoms with van der Waals surface area (Å²) >= 11 is 5.51. The van der Waals surface area contributed by atoms with Crippen LogP contribution in [-0.4, -0.2) is 14.6 Å². The molecule has 2 aromatic rings. The van der Waals surface area contributed by atoms with Crippen LogP contribution in [0.15, 0.2) is 18.3 Å². The lowest BCUT2D eigenvalue weighted by atomic mass is 10.2. The van der Waals surface area contributed by atoms with Gasteiger partial charge in [-0.3, -0.25) is 4.40 Å². The average molecular weight is 236 g/mol. The molecule has 2 rings (SSSR count). The molecule has 7 heteroatoms. The van der Waals surface area contributed by atoms with E-state index >= 15 is 0 Å². The first-order chi connectivity index (χ1) is 7.04. The predicted molar refractivity (Wildman–Crippen MR) is 47.5 cm³/mol. The summed E-state index contributed by atoms with van der Waals surface area (Å²) in [6.07, 6.45) is -2.98. The summed E-state index contributed by atoms with van der Waals surface area (Å²) in [7, 11) is 0. The largest absolute Gasteiger partial charge is 0.420 e. The van der Waals surface area contributed by atoms with Crippen LogP contribution >= 0.6 is 11.6 Å². The van der Waals surface area contributed by atoms with Crippen molar-refractivity contribution in [3.8, 4) is 0 Å². The fourth-order valence-electron chi connectivity index (χ4n) is 1.28. The molecule has 0 fully saturated rings. The Balaban J connectivity index is 2.73. The van der Waals surface area contributed by atoms with Gasteiger partial charge >= 0.3 is 6.18 Å². The number of alkyl halides is 4. The number of hydrogen-bond donors (Lipinski definition) is 0. The first kappa shape index (κ1) is 10.2. The van der Waals surface area contributed by atoms with Crippen molar-refractivity contribution in [2.45, 2.75) is 12.1 Å². The van der Waals surface area contributed by atoms with Gasteiger partial charge in [-0.15, -0.1) is 21.8 Å². The molecular formula is C8H5ClF3N3. The normalized spacial score (nSPS) is 12.3. The van der Waals surface area contributed by atoms with E-state index in [4.69, 9.17) is 11.6 Å². The van der Waals surface area contributed by atoms with Gasteiger partial charge in [0.2, 0.25) is 0 Å². The highest BCUT2D eigenvalue weighted by molar-refractivity contribution is 6.16. The smallest absolute Gasteiger partial charge is 0.285 e.